The van der Waals surface area contributed by atoms with E-state index in [2.05, 4.69) is 20.7 Å². The van der Waals surface area contributed by atoms with Gasteiger partial charge in [-0.3, -0.25) is 4.57 Å². The molecule has 0 aliphatic heterocycles. The normalized spacial score (nSPS) is 13.2. The smallest absolute Gasteiger partial charge is 0.316 e. The molecule has 0 N–H and O–H groups in total. The van der Waals surface area contributed by atoms with Crippen LogP contribution in [0, 0.1) is 0 Å². The fourth-order valence-electron chi connectivity index (χ4n) is 1.72. The standard InChI is InChI=1S/C11H21BN2O/c1-6-10(4)12(5)14-8-7-13(9(2)3)11(14)15/h7-10H,6H2,1-5H3. The lowest BCUT2D eigenvalue weighted by molar-refractivity contribution is 0.576. The summed E-state index contributed by atoms with van der Waals surface area (Å²) in [5.74, 6) is 0.533. The fraction of sp³-hybridized carbons (Fsp3) is 0.727. The van der Waals surface area contributed by atoms with Crippen molar-refractivity contribution in [1.29, 1.82) is 0 Å². The molecule has 1 atom stereocenters. The third-order valence-corrected chi connectivity index (χ3v) is 3.29. The summed E-state index contributed by atoms with van der Waals surface area (Å²) in [6, 6.07) is 0.239. The second kappa shape index (κ2) is 4.73. The van der Waals surface area contributed by atoms with E-state index >= 15 is 0 Å². The average Bonchev–Trinajstić information content (AvgIpc) is 2.57. The number of nitrogens with zero attached hydrogens (tertiary/aromatic N) is 2. The van der Waals surface area contributed by atoms with Gasteiger partial charge in [-0.25, -0.2) is 4.79 Å². The lowest BCUT2D eigenvalue weighted by Crippen LogP contribution is -2.36. The van der Waals surface area contributed by atoms with Crippen molar-refractivity contribution in [2.45, 2.75) is 52.8 Å². The molecule has 1 aromatic heterocycles. The van der Waals surface area contributed by atoms with E-state index in [4.69, 9.17) is 0 Å². The van der Waals surface area contributed by atoms with Crippen molar-refractivity contribution in [3.05, 3.63) is 22.9 Å². The largest absolute Gasteiger partial charge is 0.344 e. The first-order chi connectivity index (χ1) is 6.99. The molecule has 0 aliphatic rings. The van der Waals surface area contributed by atoms with Gasteiger partial charge in [-0.15, -0.1) is 0 Å². The predicted molar refractivity (Wildman–Crippen MR) is 65.8 cm³/mol. The summed E-state index contributed by atoms with van der Waals surface area (Å²) < 4.78 is 3.62. The number of rotatable bonds is 4. The molecule has 0 aliphatic carbocycles. The Labute approximate surface area is 92.2 Å². The van der Waals surface area contributed by atoms with E-state index in [-0.39, 0.29) is 18.6 Å². The minimum Gasteiger partial charge on any atom is -0.344 e. The van der Waals surface area contributed by atoms with E-state index in [1.807, 2.05) is 30.7 Å². The zero-order valence-electron chi connectivity index (χ0n) is 10.4. The third-order valence-electron chi connectivity index (χ3n) is 3.29. The van der Waals surface area contributed by atoms with E-state index in [1.54, 1.807) is 4.57 Å². The van der Waals surface area contributed by atoms with Crippen LogP contribution in [0.3, 0.4) is 0 Å². The van der Waals surface area contributed by atoms with Gasteiger partial charge in [-0.2, -0.15) is 0 Å². The van der Waals surface area contributed by atoms with Crippen molar-refractivity contribution in [1.82, 2.24) is 9.05 Å². The molecule has 1 aromatic rings. The van der Waals surface area contributed by atoms with Gasteiger partial charge < -0.3 is 4.48 Å². The Bertz CT molecular complexity index is 367. The second-order valence-electron chi connectivity index (χ2n) is 4.62. The van der Waals surface area contributed by atoms with Gasteiger partial charge in [0.25, 0.3) is 6.85 Å². The van der Waals surface area contributed by atoms with Gasteiger partial charge in [0, 0.05) is 18.4 Å². The number of imidazole rings is 1. The predicted octanol–water partition coefficient (Wildman–Crippen LogP) is 2.50. The minimum atomic E-state index is 0.109. The van der Waals surface area contributed by atoms with E-state index in [1.165, 1.54) is 0 Å². The molecule has 1 unspecified atom stereocenters. The molecule has 3 nitrogen and oxygen atoms in total. The zero-order valence-corrected chi connectivity index (χ0v) is 10.4. The molecule has 0 fully saturated rings. The zero-order chi connectivity index (χ0) is 11.6. The lowest BCUT2D eigenvalue weighted by atomic mass is 9.53. The van der Waals surface area contributed by atoms with E-state index < -0.39 is 0 Å². The Hall–Kier alpha value is -0.925. The summed E-state index contributed by atoms with van der Waals surface area (Å²) in [6.07, 6.45) is 4.88. The number of hydrogen-bond acceptors (Lipinski definition) is 1. The van der Waals surface area contributed by atoms with Gasteiger partial charge in [-0.05, 0) is 19.7 Å². The molecule has 0 amide bonds. The first kappa shape index (κ1) is 12.1. The van der Waals surface area contributed by atoms with E-state index in [9.17, 15) is 4.79 Å². The summed E-state index contributed by atoms with van der Waals surface area (Å²) in [5, 5.41) is 0. The Morgan fingerprint density at radius 1 is 1.33 bits per heavy atom. The van der Waals surface area contributed by atoms with Crippen LogP contribution in [0.1, 0.15) is 40.2 Å². The molecule has 0 spiro atoms. The maximum atomic E-state index is 12.0. The van der Waals surface area contributed by atoms with Crippen LogP contribution >= 0.6 is 0 Å². The van der Waals surface area contributed by atoms with Crippen LogP contribution in [0.4, 0.5) is 0 Å². The quantitative estimate of drug-likeness (QED) is 0.698. The Morgan fingerprint density at radius 2 is 1.93 bits per heavy atom. The van der Waals surface area contributed by atoms with Crippen molar-refractivity contribution in [2.75, 3.05) is 0 Å². The van der Waals surface area contributed by atoms with Crippen LogP contribution in [0.5, 0.6) is 0 Å². The van der Waals surface area contributed by atoms with Gasteiger partial charge in [0.05, 0.1) is 0 Å². The van der Waals surface area contributed by atoms with Crippen LogP contribution in [0.15, 0.2) is 17.2 Å². The maximum Gasteiger partial charge on any atom is 0.316 e. The van der Waals surface area contributed by atoms with E-state index in [0.717, 1.165) is 6.42 Å². The number of aromatic nitrogens is 2. The summed E-state index contributed by atoms with van der Waals surface area (Å²) in [4.78, 5) is 12.0. The van der Waals surface area contributed by atoms with E-state index in [0.29, 0.717) is 5.82 Å². The molecule has 1 heterocycles. The van der Waals surface area contributed by atoms with Crippen LogP contribution < -0.4 is 5.69 Å². The molecule has 4 heteroatoms. The van der Waals surface area contributed by atoms with Crippen molar-refractivity contribution < 1.29 is 0 Å². The van der Waals surface area contributed by atoms with Crippen LogP contribution in [-0.4, -0.2) is 15.9 Å². The highest BCUT2D eigenvalue weighted by atomic mass is 16.1. The molecule has 84 valence electrons. The third kappa shape index (κ3) is 2.36. The van der Waals surface area contributed by atoms with Gasteiger partial charge in [0.15, 0.2) is 0 Å². The van der Waals surface area contributed by atoms with Crippen LogP contribution in [-0.2, 0) is 0 Å². The summed E-state index contributed by atoms with van der Waals surface area (Å²) in [5.41, 5.74) is 0.109. The lowest BCUT2D eigenvalue weighted by Gasteiger charge is -2.15. The summed E-state index contributed by atoms with van der Waals surface area (Å²) in [7, 11) is 0. The van der Waals surface area contributed by atoms with Crippen LogP contribution in [0.25, 0.3) is 0 Å². The maximum absolute atomic E-state index is 12.0. The number of hydrogen-bond donors (Lipinski definition) is 0. The van der Waals surface area contributed by atoms with Gasteiger partial charge in [0.2, 0.25) is 0 Å². The van der Waals surface area contributed by atoms with Crippen molar-refractivity contribution in [3.8, 4) is 0 Å². The molecule has 0 radical (unpaired) electrons. The van der Waals surface area contributed by atoms with Crippen molar-refractivity contribution in [3.63, 3.8) is 0 Å². The molecule has 0 aromatic carbocycles. The summed E-state index contributed by atoms with van der Waals surface area (Å²) in [6.45, 7) is 10.8. The molecular weight excluding hydrogens is 187 g/mol. The highest BCUT2D eigenvalue weighted by molar-refractivity contribution is 6.57. The van der Waals surface area contributed by atoms with Gasteiger partial charge in [0.1, 0.15) is 0 Å². The summed E-state index contributed by atoms with van der Waals surface area (Å²) >= 11 is 0. The van der Waals surface area contributed by atoms with Crippen molar-refractivity contribution in [2.24, 2.45) is 0 Å². The topological polar surface area (TPSA) is 26.9 Å². The minimum absolute atomic E-state index is 0.109. The van der Waals surface area contributed by atoms with Crippen molar-refractivity contribution >= 4 is 6.85 Å². The Morgan fingerprint density at radius 3 is 2.33 bits per heavy atom. The molecular formula is C11H21BN2O. The Kier molecular flexibility index (Phi) is 3.83. The molecule has 0 bridgehead atoms. The molecule has 15 heavy (non-hydrogen) atoms. The van der Waals surface area contributed by atoms with Crippen LogP contribution in [0.2, 0.25) is 12.6 Å². The SMILES string of the molecule is CCC(C)B(C)n1ccn(C(C)C)c1=O. The first-order valence-corrected chi connectivity index (χ1v) is 5.78. The second-order valence-corrected chi connectivity index (χ2v) is 4.62. The van der Waals surface area contributed by atoms with Gasteiger partial charge >= 0.3 is 5.69 Å². The monoisotopic (exact) mass is 208 g/mol. The molecule has 0 saturated heterocycles. The highest BCUT2D eigenvalue weighted by Crippen LogP contribution is 2.14. The molecule has 1 rings (SSSR count). The molecule has 0 saturated carbocycles. The average molecular weight is 208 g/mol. The fourth-order valence-corrected chi connectivity index (χ4v) is 1.72. The highest BCUT2D eigenvalue weighted by Gasteiger charge is 2.20. The van der Waals surface area contributed by atoms with Gasteiger partial charge in [-0.1, -0.05) is 27.1 Å². The first-order valence-electron chi connectivity index (χ1n) is 5.78. The Balaban J connectivity index is 3.02.